The van der Waals surface area contributed by atoms with Gasteiger partial charge in [-0.15, -0.1) is 0 Å². The maximum atomic E-state index is 14.4. The van der Waals surface area contributed by atoms with E-state index in [0.717, 1.165) is 24.0 Å². The highest BCUT2D eigenvalue weighted by atomic mass is 16.6. The van der Waals surface area contributed by atoms with Gasteiger partial charge < -0.3 is 29.5 Å². The highest BCUT2D eigenvalue weighted by Crippen LogP contribution is 2.83. The van der Waals surface area contributed by atoms with Gasteiger partial charge in [-0.1, -0.05) is 25.5 Å². The normalized spacial score (nSPS) is 48.5. The first kappa shape index (κ1) is 30.3. The summed E-state index contributed by atoms with van der Waals surface area (Å²) in [7, 11) is 1.24. The molecule has 5 fully saturated rings. The number of aliphatic hydroxyl groups excluding tert-OH is 2. The molecule has 10 nitrogen and oxygen atoms in total. The van der Waals surface area contributed by atoms with Gasteiger partial charge in [0.2, 0.25) is 0 Å². The van der Waals surface area contributed by atoms with Crippen molar-refractivity contribution in [2.45, 2.75) is 77.6 Å². The van der Waals surface area contributed by atoms with Gasteiger partial charge in [-0.2, -0.15) is 0 Å². The minimum Gasteiger partial charge on any atom is -0.466 e. The lowest BCUT2D eigenvalue weighted by atomic mass is 9.42. The molecule has 7 aliphatic carbocycles. The average molecular weight is 635 g/mol. The molecule has 3 N–H and O–H groups in total. The van der Waals surface area contributed by atoms with Crippen molar-refractivity contribution in [1.82, 2.24) is 0 Å². The summed E-state index contributed by atoms with van der Waals surface area (Å²) in [5.41, 5.74) is -0.913. The van der Waals surface area contributed by atoms with Crippen LogP contribution in [0.2, 0.25) is 0 Å². The van der Waals surface area contributed by atoms with Crippen LogP contribution in [0.1, 0.15) is 60.3 Å². The van der Waals surface area contributed by atoms with Crippen LogP contribution in [0, 0.1) is 52.3 Å². The predicted molar refractivity (Wildman–Crippen MR) is 160 cm³/mol. The fraction of sp³-hybridized carbons (Fsp3) is 0.667. The predicted octanol–water partition coefficient (Wildman–Crippen LogP) is 2.51. The third-order valence-corrected chi connectivity index (χ3v) is 14.3. The lowest BCUT2D eigenvalue weighted by molar-refractivity contribution is -0.191. The van der Waals surface area contributed by atoms with Crippen LogP contribution in [0.15, 0.2) is 45.1 Å². The number of rotatable bonds is 5. The molecule has 0 bridgehead atoms. The number of esters is 3. The fourth-order valence-corrected chi connectivity index (χ4v) is 12.0. The third kappa shape index (κ3) is 3.15. The number of carbonyl (C=O) groups is 4. The number of fused-ring (bicyclic) bond motifs is 7. The molecule has 0 aromatic heterocycles. The Morgan fingerprint density at radius 1 is 1.04 bits per heavy atom. The van der Waals surface area contributed by atoms with Gasteiger partial charge in [0, 0.05) is 34.0 Å². The van der Waals surface area contributed by atoms with E-state index in [1.165, 1.54) is 14.0 Å². The summed E-state index contributed by atoms with van der Waals surface area (Å²) in [4.78, 5) is 54.0. The maximum absolute atomic E-state index is 14.4. The zero-order valence-corrected chi connectivity index (χ0v) is 27.1. The molecule has 5 saturated carbocycles. The van der Waals surface area contributed by atoms with Crippen LogP contribution in [0.4, 0.5) is 0 Å². The van der Waals surface area contributed by atoms with Gasteiger partial charge >= 0.3 is 17.9 Å². The van der Waals surface area contributed by atoms with Crippen LogP contribution >= 0.6 is 0 Å². The molecule has 1 heterocycles. The third-order valence-electron chi connectivity index (χ3n) is 14.3. The van der Waals surface area contributed by atoms with Gasteiger partial charge in [-0.3, -0.25) is 4.79 Å². The van der Waals surface area contributed by atoms with E-state index < -0.39 is 76.2 Å². The average Bonchev–Trinajstić information content (AvgIpc) is 3.95. The van der Waals surface area contributed by atoms with Gasteiger partial charge in [0.15, 0.2) is 5.78 Å². The van der Waals surface area contributed by atoms with Crippen LogP contribution in [-0.2, 0) is 33.4 Å². The van der Waals surface area contributed by atoms with Gasteiger partial charge in [0.1, 0.15) is 23.9 Å². The van der Waals surface area contributed by atoms with Crippen molar-refractivity contribution in [3.05, 3.63) is 45.1 Å². The number of hydrogen-bond donors (Lipinski definition) is 3. The zero-order valence-electron chi connectivity index (χ0n) is 27.1. The lowest BCUT2D eigenvalue weighted by Gasteiger charge is -2.63. The van der Waals surface area contributed by atoms with E-state index in [1.54, 1.807) is 19.9 Å². The summed E-state index contributed by atoms with van der Waals surface area (Å²) in [6, 6.07) is 0. The highest BCUT2D eigenvalue weighted by molar-refractivity contribution is 6.09. The number of carbonyl (C=O) groups excluding carboxylic acids is 4. The van der Waals surface area contributed by atoms with E-state index in [4.69, 9.17) is 14.2 Å². The Bertz CT molecular complexity index is 1680. The number of aliphatic hydroxyl groups is 3. The van der Waals surface area contributed by atoms with Crippen molar-refractivity contribution >= 4 is 23.7 Å². The van der Waals surface area contributed by atoms with Crippen LogP contribution in [-0.4, -0.2) is 76.6 Å². The zero-order chi connectivity index (χ0) is 33.0. The Hall–Kier alpha value is -3.08. The Morgan fingerprint density at radius 3 is 2.41 bits per heavy atom. The molecule has 0 unspecified atom stereocenters. The van der Waals surface area contributed by atoms with Crippen molar-refractivity contribution < 1.29 is 48.7 Å². The minimum atomic E-state index is -1.39. The monoisotopic (exact) mass is 634 g/mol. The molecule has 8 rings (SSSR count). The molecule has 0 aromatic carbocycles. The lowest BCUT2D eigenvalue weighted by Crippen LogP contribution is -2.67. The first-order chi connectivity index (χ1) is 21.7. The second-order valence-corrected chi connectivity index (χ2v) is 15.6. The summed E-state index contributed by atoms with van der Waals surface area (Å²) < 4.78 is 17.4. The summed E-state index contributed by atoms with van der Waals surface area (Å²) in [5, 5.41) is 34.8. The number of Topliss-reactive ketones (excluding diaryl/α,β-unsaturated/α-hetero) is 1. The molecule has 8 aliphatic rings. The van der Waals surface area contributed by atoms with E-state index in [-0.39, 0.29) is 53.4 Å². The number of ketones is 1. The standard InChI is InChI=1S/C36H42O10/c1-7-14(2)30(40)45-13-35(43)22-10-21(22)33(4)23(35)11-20-18(12-37)32(42)46-36(20)24(33)9-17-16-8-19(16)34(5)26(17)27(36)25(28(38)29(34)39)15(3)31(41)44-6/h7,16,19,21-24,27,29,37,39,43H,8-13H2,1-6H3/b14-7+,25-15?/t16-,19-,21-,22+,23-,24+,27+,29+,33+,34+,35+,36+/m1/s1. The topological polar surface area (TPSA) is 157 Å². The first-order valence-electron chi connectivity index (χ1n) is 16.5. The smallest absolute Gasteiger partial charge is 0.337 e. The Balaban J connectivity index is 1.36. The van der Waals surface area contributed by atoms with Gasteiger partial charge in [0.25, 0.3) is 0 Å². The van der Waals surface area contributed by atoms with E-state index >= 15 is 0 Å². The maximum Gasteiger partial charge on any atom is 0.337 e. The number of allylic oxidation sites excluding steroid dienone is 2. The molecular weight excluding hydrogens is 592 g/mol. The molecule has 46 heavy (non-hydrogen) atoms. The molecule has 0 aromatic rings. The molecule has 0 amide bonds. The summed E-state index contributed by atoms with van der Waals surface area (Å²) in [5.74, 6) is -3.92. The van der Waals surface area contributed by atoms with Gasteiger partial charge in [-0.05, 0) is 86.7 Å². The van der Waals surface area contributed by atoms with E-state index in [1.807, 2.05) is 6.92 Å². The molecule has 0 saturated heterocycles. The van der Waals surface area contributed by atoms with E-state index in [2.05, 4.69) is 6.92 Å². The highest BCUT2D eigenvalue weighted by Gasteiger charge is 2.84. The van der Waals surface area contributed by atoms with Crippen molar-refractivity contribution in [1.29, 1.82) is 0 Å². The van der Waals surface area contributed by atoms with Crippen LogP contribution < -0.4 is 0 Å². The molecule has 0 radical (unpaired) electrons. The Morgan fingerprint density at radius 2 is 1.76 bits per heavy atom. The first-order valence-corrected chi connectivity index (χ1v) is 16.5. The van der Waals surface area contributed by atoms with Crippen LogP contribution in [0.3, 0.4) is 0 Å². The molecule has 1 spiro atoms. The quantitative estimate of drug-likeness (QED) is 0.178. The number of ether oxygens (including phenoxy) is 3. The van der Waals surface area contributed by atoms with Crippen molar-refractivity contribution in [2.75, 3.05) is 20.3 Å². The second-order valence-electron chi connectivity index (χ2n) is 15.6. The molecule has 1 aliphatic heterocycles. The number of methoxy groups -OCH3 is 1. The van der Waals surface area contributed by atoms with E-state index in [0.29, 0.717) is 17.6 Å². The van der Waals surface area contributed by atoms with E-state index in [9.17, 15) is 34.5 Å². The summed E-state index contributed by atoms with van der Waals surface area (Å²) in [6.07, 6.45) is 2.62. The SMILES string of the molecule is C/C=C(\C)C(=O)OC[C@]1(O)[C@H]2C[C@H]2[C@]2(C)[C@@H]3CC4=C5[C@H](C(=C(C)C(=O)OC)C(=O)[C@H](O)[C@@]5(C)[C@@H]5C[C@H]45)[C@@]34OC(=O)C(CO)=C4C[C@@H]12. The number of hydrogen-bond acceptors (Lipinski definition) is 10. The minimum absolute atomic E-state index is 0.0493. The molecule has 12 atom stereocenters. The van der Waals surface area contributed by atoms with Gasteiger partial charge in [-0.25, -0.2) is 14.4 Å². The molecule has 246 valence electrons. The van der Waals surface area contributed by atoms with Crippen molar-refractivity contribution in [3.63, 3.8) is 0 Å². The van der Waals surface area contributed by atoms with Crippen molar-refractivity contribution in [2.24, 2.45) is 52.3 Å². The van der Waals surface area contributed by atoms with Crippen molar-refractivity contribution in [3.8, 4) is 0 Å². The van der Waals surface area contributed by atoms with Crippen LogP contribution in [0.5, 0.6) is 0 Å². The Labute approximate surface area is 267 Å². The largest absolute Gasteiger partial charge is 0.466 e. The van der Waals surface area contributed by atoms with Gasteiger partial charge in [0.05, 0.1) is 25.2 Å². The second kappa shape index (κ2) is 9.08. The molecular formula is C36H42O10. The Kier molecular flexibility index (Phi) is 5.97. The summed E-state index contributed by atoms with van der Waals surface area (Å²) >= 11 is 0. The molecule has 10 heteroatoms. The van der Waals surface area contributed by atoms with Crippen LogP contribution in [0.25, 0.3) is 0 Å². The summed E-state index contributed by atoms with van der Waals surface area (Å²) in [6.45, 7) is 8.25. The fourth-order valence-electron chi connectivity index (χ4n) is 12.0.